The average Bonchev–Trinajstić information content (AvgIpc) is 2.09. The number of aromatic nitrogens is 1. The van der Waals surface area contributed by atoms with Gasteiger partial charge in [-0.3, -0.25) is 0 Å². The summed E-state index contributed by atoms with van der Waals surface area (Å²) in [5.74, 6) is 0.330. The smallest absolute Gasteiger partial charge is 0.220 e. The van der Waals surface area contributed by atoms with Gasteiger partial charge in [0.15, 0.2) is 0 Å². The van der Waals surface area contributed by atoms with E-state index in [1.54, 1.807) is 0 Å². The summed E-state index contributed by atoms with van der Waals surface area (Å²) in [5.41, 5.74) is 0.426. The summed E-state index contributed by atoms with van der Waals surface area (Å²) >= 11 is 0. The molecule has 1 rings (SSSR count). The number of nitrogens with zero attached hydrogens (tertiary/aromatic N) is 1. The van der Waals surface area contributed by atoms with Crippen LogP contribution in [0.5, 0.6) is 11.6 Å². The van der Waals surface area contributed by atoms with Crippen LogP contribution < -0.4 is 4.74 Å². The number of ether oxygens (including phenoxy) is 1. The van der Waals surface area contributed by atoms with Gasteiger partial charge in [-0.15, -0.1) is 0 Å². The Kier molecular flexibility index (Phi) is 2.63. The van der Waals surface area contributed by atoms with Crippen LogP contribution in [-0.4, -0.2) is 23.5 Å². The molecule has 0 aliphatic rings. The number of hydrogen-bond acceptors (Lipinski definition) is 4. The highest BCUT2D eigenvalue weighted by molar-refractivity contribution is 5.59. The van der Waals surface area contributed by atoms with Crippen molar-refractivity contribution >= 4 is 6.29 Å². The lowest BCUT2D eigenvalue weighted by Crippen LogP contribution is -1.95. The Labute approximate surface area is 69.8 Å². The van der Waals surface area contributed by atoms with Gasteiger partial charge >= 0.3 is 0 Å². The van der Waals surface area contributed by atoms with Gasteiger partial charge in [-0.05, 0) is 6.07 Å². The number of aromatic hydroxyl groups is 1. The van der Waals surface area contributed by atoms with E-state index in [-0.39, 0.29) is 12.2 Å². The molecule has 1 N–H and O–H groups in total. The van der Waals surface area contributed by atoms with E-state index in [9.17, 15) is 9.90 Å². The summed E-state index contributed by atoms with van der Waals surface area (Å²) < 4.78 is 4.85. The SMILES string of the molecule is COc1nccc(O)c1CC=O. The number of carbonyl (C=O) groups excluding carboxylic acids is 1. The molecule has 0 amide bonds. The number of methoxy groups -OCH3 is 1. The van der Waals surface area contributed by atoms with E-state index in [0.717, 1.165) is 0 Å². The Hall–Kier alpha value is -1.58. The second-order valence-corrected chi connectivity index (χ2v) is 2.19. The lowest BCUT2D eigenvalue weighted by Gasteiger charge is -2.05. The molecule has 64 valence electrons. The maximum absolute atomic E-state index is 10.2. The van der Waals surface area contributed by atoms with Crippen LogP contribution in [0.1, 0.15) is 5.56 Å². The fraction of sp³-hybridized carbons (Fsp3) is 0.250. The van der Waals surface area contributed by atoms with Crippen molar-refractivity contribution in [3.63, 3.8) is 0 Å². The van der Waals surface area contributed by atoms with E-state index >= 15 is 0 Å². The highest BCUT2D eigenvalue weighted by Gasteiger charge is 2.07. The fourth-order valence-electron chi connectivity index (χ4n) is 0.915. The van der Waals surface area contributed by atoms with E-state index in [1.807, 2.05) is 0 Å². The fourth-order valence-corrected chi connectivity index (χ4v) is 0.915. The maximum atomic E-state index is 10.2. The molecule has 1 heterocycles. The molecule has 1 aromatic heterocycles. The van der Waals surface area contributed by atoms with Crippen molar-refractivity contribution in [3.8, 4) is 11.6 Å². The quantitative estimate of drug-likeness (QED) is 0.667. The highest BCUT2D eigenvalue weighted by atomic mass is 16.5. The summed E-state index contributed by atoms with van der Waals surface area (Å²) in [5, 5.41) is 9.27. The molecule has 0 saturated carbocycles. The summed E-state index contributed by atoms with van der Waals surface area (Å²) in [6.45, 7) is 0. The van der Waals surface area contributed by atoms with Gasteiger partial charge in [0.25, 0.3) is 0 Å². The van der Waals surface area contributed by atoms with Crippen molar-refractivity contribution in [1.29, 1.82) is 0 Å². The lowest BCUT2D eigenvalue weighted by molar-refractivity contribution is -0.107. The Morgan fingerprint density at radius 1 is 1.75 bits per heavy atom. The van der Waals surface area contributed by atoms with Crippen molar-refractivity contribution in [1.82, 2.24) is 4.98 Å². The van der Waals surface area contributed by atoms with Crippen LogP contribution in [0.2, 0.25) is 0 Å². The van der Waals surface area contributed by atoms with Crippen LogP contribution in [0, 0.1) is 0 Å². The molecule has 12 heavy (non-hydrogen) atoms. The van der Waals surface area contributed by atoms with E-state index in [0.29, 0.717) is 17.7 Å². The van der Waals surface area contributed by atoms with Gasteiger partial charge in [0.05, 0.1) is 12.7 Å². The number of carbonyl (C=O) groups is 1. The molecule has 0 unspecified atom stereocenters. The normalized spacial score (nSPS) is 9.42. The standard InChI is InChI=1S/C8H9NO3/c1-12-8-6(3-5-10)7(11)2-4-9-8/h2,4-5H,3H2,1H3,(H,9,11). The Morgan fingerprint density at radius 2 is 2.50 bits per heavy atom. The van der Waals surface area contributed by atoms with Gasteiger partial charge in [-0.1, -0.05) is 0 Å². The van der Waals surface area contributed by atoms with Crippen molar-refractivity contribution < 1.29 is 14.6 Å². The largest absolute Gasteiger partial charge is 0.507 e. The zero-order chi connectivity index (χ0) is 8.97. The first kappa shape index (κ1) is 8.52. The van der Waals surface area contributed by atoms with Crippen LogP contribution in [0.4, 0.5) is 0 Å². The Balaban J connectivity index is 3.10. The van der Waals surface area contributed by atoms with Crippen molar-refractivity contribution in [3.05, 3.63) is 17.8 Å². The number of pyridine rings is 1. The maximum Gasteiger partial charge on any atom is 0.220 e. The first-order chi connectivity index (χ1) is 5.79. The van der Waals surface area contributed by atoms with Crippen LogP contribution in [0.15, 0.2) is 12.3 Å². The first-order valence-corrected chi connectivity index (χ1v) is 3.44. The zero-order valence-electron chi connectivity index (χ0n) is 6.65. The minimum atomic E-state index is 0.0361. The molecule has 0 atom stereocenters. The van der Waals surface area contributed by atoms with Crippen molar-refractivity contribution in [2.45, 2.75) is 6.42 Å². The predicted molar refractivity (Wildman–Crippen MR) is 42.2 cm³/mol. The highest BCUT2D eigenvalue weighted by Crippen LogP contribution is 2.24. The van der Waals surface area contributed by atoms with E-state index < -0.39 is 0 Å². The molecule has 4 heteroatoms. The topological polar surface area (TPSA) is 59.4 Å². The van der Waals surface area contributed by atoms with Crippen molar-refractivity contribution in [2.75, 3.05) is 7.11 Å². The third-order valence-electron chi connectivity index (χ3n) is 1.47. The van der Waals surface area contributed by atoms with Gasteiger partial charge in [0.2, 0.25) is 5.88 Å². The molecule has 0 aliphatic heterocycles. The van der Waals surface area contributed by atoms with Gasteiger partial charge in [0.1, 0.15) is 12.0 Å². The van der Waals surface area contributed by atoms with E-state index in [1.165, 1.54) is 19.4 Å². The summed E-state index contributed by atoms with van der Waals surface area (Å²) in [4.78, 5) is 14.0. The predicted octanol–water partition coefficient (Wildman–Crippen LogP) is 0.537. The van der Waals surface area contributed by atoms with E-state index in [2.05, 4.69) is 4.98 Å². The zero-order valence-corrected chi connectivity index (χ0v) is 6.65. The number of rotatable bonds is 3. The van der Waals surface area contributed by atoms with Crippen LogP contribution >= 0.6 is 0 Å². The molecule has 4 nitrogen and oxygen atoms in total. The van der Waals surface area contributed by atoms with Crippen LogP contribution in [0.25, 0.3) is 0 Å². The third kappa shape index (κ3) is 1.53. The molecule has 1 aromatic rings. The first-order valence-electron chi connectivity index (χ1n) is 3.44. The van der Waals surface area contributed by atoms with Gasteiger partial charge in [-0.2, -0.15) is 0 Å². The monoisotopic (exact) mass is 167 g/mol. The van der Waals surface area contributed by atoms with Gasteiger partial charge in [-0.25, -0.2) is 4.98 Å². The summed E-state index contributed by atoms with van der Waals surface area (Å²) in [6, 6.07) is 1.42. The van der Waals surface area contributed by atoms with Crippen LogP contribution in [0.3, 0.4) is 0 Å². The Bertz CT molecular complexity index is 286. The molecule has 0 spiro atoms. The second kappa shape index (κ2) is 3.71. The lowest BCUT2D eigenvalue weighted by atomic mass is 10.2. The molecular weight excluding hydrogens is 158 g/mol. The molecule has 0 bridgehead atoms. The molecule has 0 saturated heterocycles. The van der Waals surface area contributed by atoms with Crippen molar-refractivity contribution in [2.24, 2.45) is 0 Å². The van der Waals surface area contributed by atoms with Gasteiger partial charge in [0, 0.05) is 12.6 Å². The third-order valence-corrected chi connectivity index (χ3v) is 1.47. The molecule has 0 aliphatic carbocycles. The average molecular weight is 167 g/mol. The summed E-state index contributed by atoms with van der Waals surface area (Å²) in [7, 11) is 1.44. The second-order valence-electron chi connectivity index (χ2n) is 2.19. The number of hydrogen-bond donors (Lipinski definition) is 1. The molecule has 0 radical (unpaired) electrons. The van der Waals surface area contributed by atoms with Gasteiger partial charge < -0.3 is 14.6 Å². The minimum absolute atomic E-state index is 0.0361. The molecule has 0 aromatic carbocycles. The van der Waals surface area contributed by atoms with E-state index in [4.69, 9.17) is 4.74 Å². The van der Waals surface area contributed by atoms with Crippen LogP contribution in [-0.2, 0) is 11.2 Å². The number of aldehydes is 1. The minimum Gasteiger partial charge on any atom is -0.507 e. The molecule has 0 fully saturated rings. The molecular formula is C8H9NO3. The Morgan fingerprint density at radius 3 is 3.08 bits per heavy atom. The summed E-state index contributed by atoms with van der Waals surface area (Å²) in [6.07, 6.45) is 2.23.